The van der Waals surface area contributed by atoms with Crippen molar-refractivity contribution < 1.29 is 14.3 Å². The summed E-state index contributed by atoms with van der Waals surface area (Å²) < 4.78 is 10.5. The highest BCUT2D eigenvalue weighted by Gasteiger charge is 2.18. The Labute approximate surface area is 158 Å². The molecule has 6 heteroatoms. The zero-order chi connectivity index (χ0) is 19.2. The van der Waals surface area contributed by atoms with E-state index in [1.54, 1.807) is 30.5 Å². The van der Waals surface area contributed by atoms with E-state index in [-0.39, 0.29) is 5.91 Å². The van der Waals surface area contributed by atoms with Gasteiger partial charge in [0.2, 0.25) is 0 Å². The summed E-state index contributed by atoms with van der Waals surface area (Å²) in [6, 6.07) is 16.8. The Morgan fingerprint density at radius 3 is 2.22 bits per heavy atom. The number of carbonyl (C=O) groups is 1. The highest BCUT2D eigenvalue weighted by Crippen LogP contribution is 2.29. The second-order valence-corrected chi connectivity index (χ2v) is 5.92. The maximum absolute atomic E-state index is 12.7. The maximum Gasteiger partial charge on any atom is 0.264 e. The van der Waals surface area contributed by atoms with Gasteiger partial charge in [-0.05, 0) is 48.9 Å². The van der Waals surface area contributed by atoms with Crippen molar-refractivity contribution in [2.24, 2.45) is 0 Å². The molecule has 1 aromatic heterocycles. The molecule has 1 heterocycles. The third-order valence-electron chi connectivity index (χ3n) is 3.97. The molecule has 27 heavy (non-hydrogen) atoms. The third-order valence-corrected chi connectivity index (χ3v) is 3.97. The second-order valence-electron chi connectivity index (χ2n) is 5.92. The Hall–Kier alpha value is -3.54. The molecule has 2 N–H and O–H groups in total. The summed E-state index contributed by atoms with van der Waals surface area (Å²) in [4.78, 5) is 17.0. The molecular weight excluding hydrogens is 342 g/mol. The van der Waals surface area contributed by atoms with Crippen molar-refractivity contribution in [1.29, 1.82) is 0 Å². The SMILES string of the molecule is COc1cccc(OC)c1C(=O)Nc1ccc(Nc2cccc(C)c2)cn1. The molecule has 0 radical (unpaired) electrons. The van der Waals surface area contributed by atoms with Crippen LogP contribution in [0.15, 0.2) is 60.8 Å². The number of carbonyl (C=O) groups excluding carboxylic acids is 1. The highest BCUT2D eigenvalue weighted by molar-refractivity contribution is 6.07. The van der Waals surface area contributed by atoms with Crippen LogP contribution in [0.25, 0.3) is 0 Å². The standard InChI is InChI=1S/C21H21N3O3/c1-14-6-4-7-15(12-14)23-16-10-11-19(22-13-16)24-21(25)20-17(26-2)8-5-9-18(20)27-3/h4-13,23H,1-3H3,(H,22,24,25). The monoisotopic (exact) mass is 363 g/mol. The summed E-state index contributed by atoms with van der Waals surface area (Å²) in [6.07, 6.45) is 1.66. The number of hydrogen-bond donors (Lipinski definition) is 2. The van der Waals surface area contributed by atoms with E-state index in [9.17, 15) is 4.79 Å². The zero-order valence-electron chi connectivity index (χ0n) is 15.4. The largest absolute Gasteiger partial charge is 0.496 e. The average molecular weight is 363 g/mol. The first-order valence-electron chi connectivity index (χ1n) is 8.43. The van der Waals surface area contributed by atoms with E-state index in [4.69, 9.17) is 9.47 Å². The van der Waals surface area contributed by atoms with E-state index < -0.39 is 0 Å². The van der Waals surface area contributed by atoms with Crippen molar-refractivity contribution in [1.82, 2.24) is 4.98 Å². The molecule has 0 atom stereocenters. The molecule has 0 spiro atoms. The van der Waals surface area contributed by atoms with E-state index in [2.05, 4.69) is 15.6 Å². The first kappa shape index (κ1) is 18.3. The third kappa shape index (κ3) is 4.36. The molecule has 0 aliphatic rings. The van der Waals surface area contributed by atoms with Gasteiger partial charge in [-0.2, -0.15) is 0 Å². The van der Waals surface area contributed by atoms with Crippen LogP contribution in [0, 0.1) is 6.92 Å². The van der Waals surface area contributed by atoms with Crippen LogP contribution in [-0.2, 0) is 0 Å². The van der Waals surface area contributed by atoms with Crippen LogP contribution in [0.3, 0.4) is 0 Å². The summed E-state index contributed by atoms with van der Waals surface area (Å²) in [5.74, 6) is 0.952. The minimum atomic E-state index is -0.351. The van der Waals surface area contributed by atoms with Gasteiger partial charge < -0.3 is 20.1 Å². The van der Waals surface area contributed by atoms with Gasteiger partial charge >= 0.3 is 0 Å². The summed E-state index contributed by atoms with van der Waals surface area (Å²) >= 11 is 0. The van der Waals surface area contributed by atoms with Gasteiger partial charge in [-0.25, -0.2) is 4.98 Å². The van der Waals surface area contributed by atoms with E-state index in [1.807, 2.05) is 37.3 Å². The van der Waals surface area contributed by atoms with Crippen molar-refractivity contribution in [2.45, 2.75) is 6.92 Å². The number of ether oxygens (including phenoxy) is 2. The van der Waals surface area contributed by atoms with E-state index in [0.29, 0.717) is 22.9 Å². The molecule has 0 aliphatic carbocycles. The van der Waals surface area contributed by atoms with Crippen molar-refractivity contribution >= 4 is 23.1 Å². The lowest BCUT2D eigenvalue weighted by Gasteiger charge is -2.13. The summed E-state index contributed by atoms with van der Waals surface area (Å²) in [5, 5.41) is 6.05. The topological polar surface area (TPSA) is 72.5 Å². The molecule has 0 fully saturated rings. The van der Waals surface area contributed by atoms with Gasteiger partial charge in [-0.1, -0.05) is 18.2 Å². The van der Waals surface area contributed by atoms with Gasteiger partial charge in [0.1, 0.15) is 22.9 Å². The van der Waals surface area contributed by atoms with Gasteiger partial charge in [0.05, 0.1) is 26.1 Å². The van der Waals surface area contributed by atoms with Crippen molar-refractivity contribution in [3.8, 4) is 11.5 Å². The van der Waals surface area contributed by atoms with Crippen molar-refractivity contribution in [3.05, 3.63) is 71.9 Å². The fourth-order valence-electron chi connectivity index (χ4n) is 2.69. The predicted molar refractivity (Wildman–Crippen MR) is 106 cm³/mol. The predicted octanol–water partition coefficient (Wildman–Crippen LogP) is 4.40. The Kier molecular flexibility index (Phi) is 5.56. The molecule has 0 unspecified atom stereocenters. The van der Waals surface area contributed by atoms with E-state index in [0.717, 1.165) is 11.4 Å². The van der Waals surface area contributed by atoms with Crippen LogP contribution < -0.4 is 20.1 Å². The number of aryl methyl sites for hydroxylation is 1. The van der Waals surface area contributed by atoms with Gasteiger partial charge in [0, 0.05) is 5.69 Å². The zero-order valence-corrected chi connectivity index (χ0v) is 15.4. The molecule has 0 aliphatic heterocycles. The number of hydrogen-bond acceptors (Lipinski definition) is 5. The molecule has 138 valence electrons. The second kappa shape index (κ2) is 8.23. The number of aromatic nitrogens is 1. The Morgan fingerprint density at radius 2 is 1.63 bits per heavy atom. The molecule has 0 saturated heterocycles. The fourth-order valence-corrected chi connectivity index (χ4v) is 2.69. The molecule has 1 amide bonds. The van der Waals surface area contributed by atoms with Crippen LogP contribution >= 0.6 is 0 Å². The lowest BCUT2D eigenvalue weighted by molar-refractivity contribution is 0.102. The van der Waals surface area contributed by atoms with Gasteiger partial charge in [-0.3, -0.25) is 4.79 Å². The van der Waals surface area contributed by atoms with Crippen molar-refractivity contribution in [3.63, 3.8) is 0 Å². The molecule has 0 bridgehead atoms. The average Bonchev–Trinajstić information content (AvgIpc) is 2.68. The summed E-state index contributed by atoms with van der Waals surface area (Å²) in [5.41, 5.74) is 3.30. The summed E-state index contributed by atoms with van der Waals surface area (Å²) in [7, 11) is 3.02. The number of nitrogens with one attached hydrogen (secondary N) is 2. The summed E-state index contributed by atoms with van der Waals surface area (Å²) in [6.45, 7) is 2.04. The first-order chi connectivity index (χ1) is 13.1. The van der Waals surface area contributed by atoms with Gasteiger partial charge in [-0.15, -0.1) is 0 Å². The van der Waals surface area contributed by atoms with Crippen LogP contribution in [0.5, 0.6) is 11.5 Å². The first-order valence-corrected chi connectivity index (χ1v) is 8.43. The van der Waals surface area contributed by atoms with Crippen LogP contribution in [0.1, 0.15) is 15.9 Å². The molecule has 0 saturated carbocycles. The fraction of sp³-hybridized carbons (Fsp3) is 0.143. The Balaban J connectivity index is 1.74. The highest BCUT2D eigenvalue weighted by atomic mass is 16.5. The van der Waals surface area contributed by atoms with Crippen LogP contribution in [0.4, 0.5) is 17.2 Å². The normalized spacial score (nSPS) is 10.2. The Morgan fingerprint density at radius 1 is 0.926 bits per heavy atom. The van der Waals surface area contributed by atoms with Crippen molar-refractivity contribution in [2.75, 3.05) is 24.9 Å². The number of nitrogens with zero attached hydrogens (tertiary/aromatic N) is 1. The molecule has 2 aromatic carbocycles. The van der Waals surface area contributed by atoms with Gasteiger partial charge in [0.25, 0.3) is 5.91 Å². The number of rotatable bonds is 6. The lowest BCUT2D eigenvalue weighted by atomic mass is 10.1. The minimum absolute atomic E-state index is 0.325. The number of methoxy groups -OCH3 is 2. The number of benzene rings is 2. The van der Waals surface area contributed by atoms with E-state index in [1.165, 1.54) is 19.8 Å². The smallest absolute Gasteiger partial charge is 0.264 e. The van der Waals surface area contributed by atoms with Crippen LogP contribution in [0.2, 0.25) is 0 Å². The van der Waals surface area contributed by atoms with Gasteiger partial charge in [0.15, 0.2) is 0 Å². The van der Waals surface area contributed by atoms with E-state index >= 15 is 0 Å². The molecule has 3 aromatic rings. The molecule has 3 rings (SSSR count). The van der Waals surface area contributed by atoms with Crippen LogP contribution in [-0.4, -0.2) is 25.1 Å². The maximum atomic E-state index is 12.7. The quantitative estimate of drug-likeness (QED) is 0.679. The lowest BCUT2D eigenvalue weighted by Crippen LogP contribution is -2.15. The minimum Gasteiger partial charge on any atom is -0.496 e. The number of amides is 1. The molecular formula is C21H21N3O3. The molecule has 6 nitrogen and oxygen atoms in total. The number of anilines is 3. The Bertz CT molecular complexity index is 917. The number of pyridine rings is 1.